The van der Waals surface area contributed by atoms with E-state index in [2.05, 4.69) is 16.8 Å². The van der Waals surface area contributed by atoms with Gasteiger partial charge in [-0.2, -0.15) is 0 Å². The molecular formula is C18H28IN3O2. The topological polar surface area (TPSA) is 50.0 Å². The van der Waals surface area contributed by atoms with Gasteiger partial charge >= 0.3 is 0 Å². The molecule has 1 unspecified atom stereocenters. The van der Waals surface area contributed by atoms with E-state index in [1.54, 1.807) is 6.26 Å². The molecule has 3 rings (SSSR count). The Morgan fingerprint density at radius 3 is 3.00 bits per heavy atom. The van der Waals surface area contributed by atoms with Crippen LogP contribution < -0.4 is 5.32 Å². The minimum Gasteiger partial charge on any atom is -0.469 e. The predicted octanol–water partition coefficient (Wildman–Crippen LogP) is 3.07. The normalized spacial score (nSPS) is 23.5. The molecule has 24 heavy (non-hydrogen) atoms. The molecule has 3 heterocycles. The Bertz CT molecular complexity index is 551. The molecule has 2 aliphatic rings. The summed E-state index contributed by atoms with van der Waals surface area (Å²) in [6.45, 7) is 11.3. The van der Waals surface area contributed by atoms with E-state index in [0.29, 0.717) is 12.0 Å². The van der Waals surface area contributed by atoms with Crippen LogP contribution in [0, 0.1) is 5.41 Å². The number of ether oxygens (including phenoxy) is 1. The lowest BCUT2D eigenvalue weighted by atomic mass is 9.87. The molecule has 1 aromatic heterocycles. The largest absolute Gasteiger partial charge is 0.469 e. The van der Waals surface area contributed by atoms with Gasteiger partial charge in [0.1, 0.15) is 5.76 Å². The Balaban J connectivity index is 0.00000208. The Morgan fingerprint density at radius 2 is 2.33 bits per heavy atom. The summed E-state index contributed by atoms with van der Waals surface area (Å²) in [4.78, 5) is 7.11. The average Bonchev–Trinajstić information content (AvgIpc) is 3.26. The van der Waals surface area contributed by atoms with Gasteiger partial charge < -0.3 is 19.4 Å². The highest BCUT2D eigenvalue weighted by atomic mass is 127. The number of halogens is 1. The molecule has 0 saturated carbocycles. The van der Waals surface area contributed by atoms with Gasteiger partial charge in [-0.3, -0.25) is 0 Å². The van der Waals surface area contributed by atoms with Crippen molar-refractivity contribution < 1.29 is 9.15 Å². The van der Waals surface area contributed by atoms with Gasteiger partial charge in [-0.25, -0.2) is 4.99 Å². The van der Waals surface area contributed by atoms with Crippen molar-refractivity contribution in [1.82, 2.24) is 10.2 Å². The van der Waals surface area contributed by atoms with Crippen LogP contribution in [0.5, 0.6) is 0 Å². The molecule has 0 bridgehead atoms. The van der Waals surface area contributed by atoms with Crippen molar-refractivity contribution in [2.24, 2.45) is 10.4 Å². The first-order valence-corrected chi connectivity index (χ1v) is 8.45. The SMILES string of the molecule is C=C(C)CN=C(NCCc1ccco1)N1CCC2(CCOC2)C1.I. The summed E-state index contributed by atoms with van der Waals surface area (Å²) in [5.41, 5.74) is 1.42. The van der Waals surface area contributed by atoms with Crippen molar-refractivity contribution in [2.75, 3.05) is 39.4 Å². The minimum atomic E-state index is 0. The van der Waals surface area contributed by atoms with E-state index in [9.17, 15) is 0 Å². The quantitative estimate of drug-likeness (QED) is 0.328. The number of rotatable bonds is 5. The Kier molecular flexibility index (Phi) is 7.16. The summed E-state index contributed by atoms with van der Waals surface area (Å²) in [6, 6.07) is 3.93. The highest BCUT2D eigenvalue weighted by Gasteiger charge is 2.42. The van der Waals surface area contributed by atoms with E-state index in [4.69, 9.17) is 14.1 Å². The lowest BCUT2D eigenvalue weighted by Gasteiger charge is -2.25. The van der Waals surface area contributed by atoms with Crippen LogP contribution in [0.25, 0.3) is 0 Å². The Labute approximate surface area is 161 Å². The number of aliphatic imine (C=N–C) groups is 1. The highest BCUT2D eigenvalue weighted by Crippen LogP contribution is 2.38. The lowest BCUT2D eigenvalue weighted by Crippen LogP contribution is -2.42. The zero-order chi connectivity index (χ0) is 16.1. The van der Waals surface area contributed by atoms with Crippen LogP contribution in [0.3, 0.4) is 0 Å². The molecule has 5 nitrogen and oxygen atoms in total. The van der Waals surface area contributed by atoms with Crippen molar-refractivity contribution in [3.8, 4) is 0 Å². The summed E-state index contributed by atoms with van der Waals surface area (Å²) in [6.07, 6.45) is 4.94. The third kappa shape index (κ3) is 4.99. The van der Waals surface area contributed by atoms with Gasteiger partial charge in [0, 0.05) is 38.1 Å². The smallest absolute Gasteiger partial charge is 0.194 e. The number of guanidine groups is 1. The molecular weight excluding hydrogens is 417 g/mol. The molecule has 1 atom stereocenters. The molecule has 0 radical (unpaired) electrons. The number of furan rings is 1. The van der Waals surface area contributed by atoms with Crippen LogP contribution in [0.15, 0.2) is 40.0 Å². The first-order chi connectivity index (χ1) is 11.2. The van der Waals surface area contributed by atoms with Crippen LogP contribution >= 0.6 is 24.0 Å². The van der Waals surface area contributed by atoms with Crippen LogP contribution in [0.1, 0.15) is 25.5 Å². The van der Waals surface area contributed by atoms with E-state index in [0.717, 1.165) is 56.6 Å². The first-order valence-electron chi connectivity index (χ1n) is 8.45. The van der Waals surface area contributed by atoms with Crippen LogP contribution in [0.2, 0.25) is 0 Å². The second kappa shape index (κ2) is 8.89. The Morgan fingerprint density at radius 1 is 1.46 bits per heavy atom. The number of nitrogens with zero attached hydrogens (tertiary/aromatic N) is 2. The fraction of sp³-hybridized carbons (Fsp3) is 0.611. The van der Waals surface area contributed by atoms with Crippen molar-refractivity contribution in [3.63, 3.8) is 0 Å². The molecule has 1 N–H and O–H groups in total. The highest BCUT2D eigenvalue weighted by molar-refractivity contribution is 14.0. The molecule has 0 amide bonds. The fourth-order valence-corrected chi connectivity index (χ4v) is 3.32. The first kappa shape index (κ1) is 19.3. The third-order valence-electron chi connectivity index (χ3n) is 4.66. The second-order valence-corrected chi connectivity index (χ2v) is 6.83. The van der Waals surface area contributed by atoms with E-state index >= 15 is 0 Å². The molecule has 0 aromatic carbocycles. The maximum atomic E-state index is 5.63. The molecule has 6 heteroatoms. The van der Waals surface area contributed by atoms with Crippen molar-refractivity contribution in [2.45, 2.75) is 26.2 Å². The predicted molar refractivity (Wildman–Crippen MR) is 107 cm³/mol. The molecule has 2 saturated heterocycles. The summed E-state index contributed by atoms with van der Waals surface area (Å²) in [5.74, 6) is 1.99. The van der Waals surface area contributed by atoms with Crippen molar-refractivity contribution in [1.29, 1.82) is 0 Å². The average molecular weight is 445 g/mol. The van der Waals surface area contributed by atoms with E-state index in [-0.39, 0.29) is 24.0 Å². The van der Waals surface area contributed by atoms with Gasteiger partial charge in [-0.15, -0.1) is 24.0 Å². The number of likely N-dealkylation sites (tertiary alicyclic amines) is 1. The van der Waals surface area contributed by atoms with Crippen molar-refractivity contribution >= 4 is 29.9 Å². The maximum absolute atomic E-state index is 5.63. The number of nitrogens with one attached hydrogen (secondary N) is 1. The summed E-state index contributed by atoms with van der Waals surface area (Å²) in [5, 5.41) is 3.50. The standard InChI is InChI=1S/C18H27N3O2.HI/c1-15(2)12-20-17(19-8-5-16-4-3-10-23-16)21-9-6-18(13-21)7-11-22-14-18;/h3-4,10H,1,5-9,11-14H2,2H3,(H,19,20);1H. The Hall–Kier alpha value is -1.02. The van der Waals surface area contributed by atoms with E-state index in [1.165, 1.54) is 12.8 Å². The maximum Gasteiger partial charge on any atom is 0.194 e. The molecule has 1 spiro atoms. The van der Waals surface area contributed by atoms with Crippen LogP contribution in [0.4, 0.5) is 0 Å². The molecule has 2 aliphatic heterocycles. The molecule has 2 fully saturated rings. The fourth-order valence-electron chi connectivity index (χ4n) is 3.32. The second-order valence-electron chi connectivity index (χ2n) is 6.83. The van der Waals surface area contributed by atoms with Gasteiger partial charge in [-0.05, 0) is 31.9 Å². The molecule has 1 aromatic rings. The van der Waals surface area contributed by atoms with Gasteiger partial charge in [0.2, 0.25) is 0 Å². The zero-order valence-electron chi connectivity index (χ0n) is 14.4. The monoisotopic (exact) mass is 445 g/mol. The van der Waals surface area contributed by atoms with Gasteiger partial charge in [0.25, 0.3) is 0 Å². The van der Waals surface area contributed by atoms with Crippen molar-refractivity contribution in [3.05, 3.63) is 36.3 Å². The molecule has 134 valence electrons. The molecule has 0 aliphatic carbocycles. The number of hydrogen-bond donors (Lipinski definition) is 1. The van der Waals surface area contributed by atoms with Gasteiger partial charge in [0.05, 0.1) is 19.4 Å². The van der Waals surface area contributed by atoms with E-state index < -0.39 is 0 Å². The summed E-state index contributed by atoms with van der Waals surface area (Å²) >= 11 is 0. The van der Waals surface area contributed by atoms with E-state index in [1.807, 2.05) is 19.1 Å². The van der Waals surface area contributed by atoms with Gasteiger partial charge in [-0.1, -0.05) is 12.2 Å². The minimum absolute atomic E-state index is 0. The lowest BCUT2D eigenvalue weighted by molar-refractivity contribution is 0.156. The summed E-state index contributed by atoms with van der Waals surface area (Å²) in [7, 11) is 0. The zero-order valence-corrected chi connectivity index (χ0v) is 16.8. The van der Waals surface area contributed by atoms with Crippen LogP contribution in [-0.4, -0.2) is 50.3 Å². The van der Waals surface area contributed by atoms with Gasteiger partial charge in [0.15, 0.2) is 5.96 Å². The number of hydrogen-bond acceptors (Lipinski definition) is 3. The van der Waals surface area contributed by atoms with Crippen LogP contribution in [-0.2, 0) is 11.2 Å². The third-order valence-corrected chi connectivity index (χ3v) is 4.66. The summed E-state index contributed by atoms with van der Waals surface area (Å²) < 4.78 is 11.0.